The smallest absolute Gasteiger partial charge is 0.390 e. The summed E-state index contributed by atoms with van der Waals surface area (Å²) in [6.45, 7) is -0.506. The Morgan fingerprint density at radius 1 is 1.20 bits per heavy atom. The highest BCUT2D eigenvalue weighted by Gasteiger charge is 2.51. The number of carboxylic acids is 1. The van der Waals surface area contributed by atoms with Crippen molar-refractivity contribution in [3.05, 3.63) is 0 Å². The third-order valence-corrected chi connectivity index (χ3v) is 4.19. The fourth-order valence-electron chi connectivity index (χ4n) is 3.37. The van der Waals surface area contributed by atoms with Gasteiger partial charge in [0.05, 0.1) is 12.3 Å². The van der Waals surface area contributed by atoms with Crippen LogP contribution in [0.2, 0.25) is 0 Å². The van der Waals surface area contributed by atoms with Crippen molar-refractivity contribution in [3.63, 3.8) is 0 Å². The Labute approximate surface area is 113 Å². The Morgan fingerprint density at radius 2 is 1.85 bits per heavy atom. The van der Waals surface area contributed by atoms with E-state index in [0.29, 0.717) is 0 Å². The topological polar surface area (TPSA) is 78.4 Å². The first-order valence-corrected chi connectivity index (χ1v) is 6.62. The number of nitrogens with one attached hydrogen (secondary N) is 2. The van der Waals surface area contributed by atoms with Crippen molar-refractivity contribution in [2.24, 2.45) is 17.8 Å². The Morgan fingerprint density at radius 3 is 2.45 bits per heavy atom. The maximum atomic E-state index is 12.0. The van der Waals surface area contributed by atoms with Crippen molar-refractivity contribution in [1.29, 1.82) is 0 Å². The molecule has 2 fully saturated rings. The number of amides is 2. The van der Waals surface area contributed by atoms with Crippen LogP contribution in [-0.2, 0) is 4.79 Å². The van der Waals surface area contributed by atoms with Gasteiger partial charge in [-0.15, -0.1) is 0 Å². The molecule has 0 aromatic carbocycles. The minimum absolute atomic E-state index is 0.0676. The maximum Gasteiger partial charge on any atom is 0.390 e. The highest BCUT2D eigenvalue weighted by Crippen LogP contribution is 2.48. The predicted octanol–water partition coefficient (Wildman–Crippen LogP) is 1.74. The lowest BCUT2D eigenvalue weighted by atomic mass is 9.84. The molecular formula is C12H17F3N2O3. The third kappa shape index (κ3) is 3.34. The molecule has 5 nitrogen and oxygen atoms in total. The van der Waals surface area contributed by atoms with Gasteiger partial charge in [0, 0.05) is 12.6 Å². The average molecular weight is 294 g/mol. The lowest BCUT2D eigenvalue weighted by molar-refractivity contribution is -0.144. The molecular weight excluding hydrogens is 277 g/mol. The van der Waals surface area contributed by atoms with Crippen LogP contribution >= 0.6 is 0 Å². The first-order valence-electron chi connectivity index (χ1n) is 6.62. The van der Waals surface area contributed by atoms with Crippen LogP contribution in [0, 0.1) is 17.8 Å². The molecule has 2 aliphatic rings. The number of urea groups is 1. The molecule has 0 heterocycles. The number of hydrogen-bond donors (Lipinski definition) is 3. The summed E-state index contributed by atoms with van der Waals surface area (Å²) in [4.78, 5) is 22.8. The van der Waals surface area contributed by atoms with Crippen LogP contribution < -0.4 is 10.6 Å². The van der Waals surface area contributed by atoms with Gasteiger partial charge in [-0.25, -0.2) is 4.79 Å². The molecule has 3 N–H and O–H groups in total. The fraction of sp³-hybridized carbons (Fsp3) is 0.833. The monoisotopic (exact) mass is 294 g/mol. The lowest BCUT2D eigenvalue weighted by Gasteiger charge is -2.28. The van der Waals surface area contributed by atoms with Gasteiger partial charge in [0.25, 0.3) is 0 Å². The summed E-state index contributed by atoms with van der Waals surface area (Å²) >= 11 is 0. The van der Waals surface area contributed by atoms with Crippen molar-refractivity contribution < 1.29 is 27.9 Å². The predicted molar refractivity (Wildman–Crippen MR) is 63.0 cm³/mol. The van der Waals surface area contributed by atoms with Gasteiger partial charge in [0.2, 0.25) is 0 Å². The molecule has 2 aliphatic carbocycles. The molecule has 2 bridgehead atoms. The first kappa shape index (κ1) is 14.9. The van der Waals surface area contributed by atoms with Crippen LogP contribution in [0.25, 0.3) is 0 Å². The standard InChI is InChI=1S/C12H17F3N2O3/c13-12(14,15)3-4-16-11(20)17-9-7-2-1-6(5-7)8(9)10(18)19/h6-9H,1-5H2,(H,18,19)(H2,16,17,20). The summed E-state index contributed by atoms with van der Waals surface area (Å²) in [5, 5.41) is 13.8. The quantitative estimate of drug-likeness (QED) is 0.739. The third-order valence-electron chi connectivity index (χ3n) is 4.19. The van der Waals surface area contributed by atoms with E-state index in [1.54, 1.807) is 0 Å². The molecule has 0 radical (unpaired) electrons. The van der Waals surface area contributed by atoms with E-state index in [1.807, 2.05) is 0 Å². The summed E-state index contributed by atoms with van der Waals surface area (Å²) in [6, 6.07) is -1.20. The second-order valence-corrected chi connectivity index (χ2v) is 5.49. The number of rotatable bonds is 4. The zero-order valence-corrected chi connectivity index (χ0v) is 10.7. The van der Waals surface area contributed by atoms with Crippen LogP contribution in [0.3, 0.4) is 0 Å². The Balaban J connectivity index is 1.83. The van der Waals surface area contributed by atoms with Crippen LogP contribution in [0.4, 0.5) is 18.0 Å². The summed E-state index contributed by atoms with van der Waals surface area (Å²) in [5.41, 5.74) is 0. The molecule has 0 saturated heterocycles. The van der Waals surface area contributed by atoms with Crippen molar-refractivity contribution in [1.82, 2.24) is 10.6 Å². The van der Waals surface area contributed by atoms with Crippen molar-refractivity contribution in [2.75, 3.05) is 6.54 Å². The van der Waals surface area contributed by atoms with E-state index in [1.165, 1.54) is 0 Å². The highest BCUT2D eigenvalue weighted by molar-refractivity contribution is 5.77. The van der Waals surface area contributed by atoms with Gasteiger partial charge in [-0.05, 0) is 31.1 Å². The molecule has 8 heteroatoms. The van der Waals surface area contributed by atoms with Crippen LogP contribution in [0.15, 0.2) is 0 Å². The molecule has 2 saturated carbocycles. The van der Waals surface area contributed by atoms with E-state index in [0.717, 1.165) is 19.3 Å². The number of hydrogen-bond acceptors (Lipinski definition) is 2. The largest absolute Gasteiger partial charge is 0.481 e. The minimum atomic E-state index is -4.32. The van der Waals surface area contributed by atoms with Gasteiger partial charge in [-0.2, -0.15) is 13.2 Å². The van der Waals surface area contributed by atoms with Crippen molar-refractivity contribution >= 4 is 12.0 Å². The molecule has 0 aromatic rings. The highest BCUT2D eigenvalue weighted by atomic mass is 19.4. The molecule has 0 aromatic heterocycles. The SMILES string of the molecule is O=C(NCCC(F)(F)F)NC1C2CCC(C2)C1C(=O)O. The number of halogens is 3. The Kier molecular flexibility index (Phi) is 4.10. The second-order valence-electron chi connectivity index (χ2n) is 5.49. The number of aliphatic carboxylic acids is 1. The molecule has 114 valence electrons. The van der Waals surface area contributed by atoms with E-state index < -0.39 is 43.1 Å². The van der Waals surface area contributed by atoms with Gasteiger partial charge in [0.1, 0.15) is 0 Å². The van der Waals surface area contributed by atoms with Gasteiger partial charge >= 0.3 is 18.2 Å². The summed E-state index contributed by atoms with van der Waals surface area (Å²) in [6.07, 6.45) is -2.94. The number of carbonyl (C=O) groups excluding carboxylic acids is 1. The van der Waals surface area contributed by atoms with E-state index in [2.05, 4.69) is 10.6 Å². The number of carboxylic acid groups (broad SMARTS) is 1. The molecule has 0 spiro atoms. The Bertz CT molecular complexity index is 400. The van der Waals surface area contributed by atoms with E-state index in [-0.39, 0.29) is 11.8 Å². The zero-order valence-electron chi connectivity index (χ0n) is 10.7. The van der Waals surface area contributed by atoms with Gasteiger partial charge in [0.15, 0.2) is 0 Å². The normalized spacial score (nSPS) is 32.1. The maximum absolute atomic E-state index is 12.0. The molecule has 20 heavy (non-hydrogen) atoms. The molecule has 4 unspecified atom stereocenters. The molecule has 4 atom stereocenters. The average Bonchev–Trinajstić information content (AvgIpc) is 2.86. The number of carbonyl (C=O) groups is 2. The zero-order chi connectivity index (χ0) is 14.9. The van der Waals surface area contributed by atoms with Crippen LogP contribution in [-0.4, -0.2) is 35.9 Å². The van der Waals surface area contributed by atoms with Gasteiger partial charge in [-0.1, -0.05) is 0 Å². The number of alkyl halides is 3. The van der Waals surface area contributed by atoms with E-state index >= 15 is 0 Å². The van der Waals surface area contributed by atoms with Crippen molar-refractivity contribution in [2.45, 2.75) is 37.9 Å². The fourth-order valence-corrected chi connectivity index (χ4v) is 3.37. The lowest BCUT2D eigenvalue weighted by Crippen LogP contribution is -2.50. The van der Waals surface area contributed by atoms with E-state index in [9.17, 15) is 27.9 Å². The minimum Gasteiger partial charge on any atom is -0.481 e. The molecule has 2 amide bonds. The summed E-state index contributed by atoms with van der Waals surface area (Å²) in [5.74, 6) is -1.38. The van der Waals surface area contributed by atoms with Gasteiger partial charge in [-0.3, -0.25) is 4.79 Å². The molecule has 0 aliphatic heterocycles. The summed E-state index contributed by atoms with van der Waals surface area (Å²) in [7, 11) is 0. The van der Waals surface area contributed by atoms with E-state index in [4.69, 9.17) is 0 Å². The van der Waals surface area contributed by atoms with Crippen LogP contribution in [0.1, 0.15) is 25.7 Å². The van der Waals surface area contributed by atoms with Gasteiger partial charge < -0.3 is 15.7 Å². The Hall–Kier alpha value is -1.47. The first-order chi connectivity index (χ1) is 9.28. The van der Waals surface area contributed by atoms with Crippen LogP contribution in [0.5, 0.6) is 0 Å². The number of fused-ring (bicyclic) bond motifs is 2. The van der Waals surface area contributed by atoms with Crippen molar-refractivity contribution in [3.8, 4) is 0 Å². The molecule has 2 rings (SSSR count). The summed E-state index contributed by atoms with van der Waals surface area (Å²) < 4.78 is 35.9. The second kappa shape index (κ2) is 5.49.